The largest absolute Gasteiger partial charge is 0.444 e. The number of alkyl carbamates (subject to hydrolysis) is 1. The lowest BCUT2D eigenvalue weighted by atomic mass is 10.2. The maximum Gasteiger partial charge on any atom is 0.413 e. The van der Waals surface area contributed by atoms with E-state index >= 15 is 0 Å². The fourth-order valence-corrected chi connectivity index (χ4v) is 1.01. The van der Waals surface area contributed by atoms with Gasteiger partial charge in [0.2, 0.25) is 0 Å². The molecule has 106 valence electrons. The van der Waals surface area contributed by atoms with Crippen molar-refractivity contribution in [1.82, 2.24) is 5.32 Å². The number of halogens is 1. The van der Waals surface area contributed by atoms with E-state index in [1.807, 2.05) is 0 Å². The molecule has 1 N–H and O–H groups in total. The van der Waals surface area contributed by atoms with Crippen molar-refractivity contribution in [3.63, 3.8) is 0 Å². The minimum absolute atomic E-state index is 0.0412. The highest BCUT2D eigenvalue weighted by Crippen LogP contribution is 2.14. The van der Waals surface area contributed by atoms with E-state index in [2.05, 4.69) is 17.0 Å². The third kappa shape index (κ3) is 7.20. The van der Waals surface area contributed by atoms with Gasteiger partial charge < -0.3 is 4.74 Å². The molecule has 0 fully saturated rings. The molecule has 0 aromatic rings. The first-order valence-electron chi connectivity index (χ1n) is 5.26. The molecule has 0 aliphatic rings. The van der Waals surface area contributed by atoms with Crippen molar-refractivity contribution in [2.24, 2.45) is 4.99 Å². The van der Waals surface area contributed by atoms with E-state index in [4.69, 9.17) is 16.3 Å². The number of carbonyl (C=O) groups is 1. The predicted octanol–water partition coefficient (Wildman–Crippen LogP) is 2.80. The van der Waals surface area contributed by atoms with E-state index in [0.717, 1.165) is 6.08 Å². The number of ether oxygens (including phenoxy) is 1. The van der Waals surface area contributed by atoms with Crippen LogP contribution < -0.4 is 5.32 Å². The molecule has 0 unspecified atom stereocenters. The van der Waals surface area contributed by atoms with Gasteiger partial charge in [0.1, 0.15) is 16.5 Å². The molecule has 0 spiro atoms. The quantitative estimate of drug-likeness (QED) is 0.373. The Morgan fingerprint density at radius 2 is 2.05 bits per heavy atom. The summed E-state index contributed by atoms with van der Waals surface area (Å²) >= 11 is 5.70. The number of nitrogens with one attached hydrogen (secondary N) is 1. The first kappa shape index (κ1) is 17.1. The molecular formula is C11H16ClN3O4. The van der Waals surface area contributed by atoms with Crippen molar-refractivity contribution in [1.29, 1.82) is 0 Å². The molecule has 8 heteroatoms. The molecule has 0 bridgehead atoms. The highest BCUT2D eigenvalue weighted by Gasteiger charge is 2.17. The Kier molecular flexibility index (Phi) is 6.20. The minimum atomic E-state index is -0.755. The van der Waals surface area contributed by atoms with Gasteiger partial charge in [-0.1, -0.05) is 11.6 Å². The summed E-state index contributed by atoms with van der Waals surface area (Å²) in [6.07, 6.45) is 0.366. The molecule has 0 radical (unpaired) electrons. The Labute approximate surface area is 116 Å². The number of nitro groups is 1. The third-order valence-electron chi connectivity index (χ3n) is 1.68. The van der Waals surface area contributed by atoms with Crippen LogP contribution >= 0.6 is 11.6 Å². The molecule has 1 amide bonds. The summed E-state index contributed by atoms with van der Waals surface area (Å²) in [6.45, 7) is 9.54. The Balaban J connectivity index is 4.96. The second kappa shape index (κ2) is 6.89. The second-order valence-electron chi connectivity index (χ2n) is 4.51. The highest BCUT2D eigenvalue weighted by atomic mass is 35.5. The Morgan fingerprint density at radius 3 is 2.42 bits per heavy atom. The Morgan fingerprint density at radius 1 is 1.53 bits per heavy atom. The van der Waals surface area contributed by atoms with Gasteiger partial charge in [0.05, 0.1) is 4.92 Å². The lowest BCUT2D eigenvalue weighted by Gasteiger charge is -2.19. The van der Waals surface area contributed by atoms with E-state index in [1.165, 1.54) is 6.92 Å². The maximum absolute atomic E-state index is 11.5. The zero-order chi connectivity index (χ0) is 15.2. The van der Waals surface area contributed by atoms with Crippen LogP contribution in [0.3, 0.4) is 0 Å². The molecular weight excluding hydrogens is 274 g/mol. The molecule has 0 saturated heterocycles. The molecule has 0 rings (SSSR count). The van der Waals surface area contributed by atoms with Gasteiger partial charge in [-0.05, 0) is 27.5 Å². The Hall–Kier alpha value is -1.89. The lowest BCUT2D eigenvalue weighted by Crippen LogP contribution is -2.31. The second-order valence-corrected chi connectivity index (χ2v) is 4.91. The van der Waals surface area contributed by atoms with Gasteiger partial charge in [0, 0.05) is 13.0 Å². The van der Waals surface area contributed by atoms with Crippen molar-refractivity contribution in [2.75, 3.05) is 0 Å². The van der Waals surface area contributed by atoms with E-state index < -0.39 is 16.6 Å². The van der Waals surface area contributed by atoms with E-state index in [-0.39, 0.29) is 16.6 Å². The molecule has 0 aliphatic heterocycles. The third-order valence-corrected chi connectivity index (χ3v) is 2.06. The van der Waals surface area contributed by atoms with Gasteiger partial charge in [-0.3, -0.25) is 15.4 Å². The Bertz CT molecular complexity index is 449. The summed E-state index contributed by atoms with van der Waals surface area (Å²) in [7, 11) is 0. The molecule has 7 nitrogen and oxygen atoms in total. The first-order valence-corrected chi connectivity index (χ1v) is 5.64. The minimum Gasteiger partial charge on any atom is -0.444 e. The van der Waals surface area contributed by atoms with Crippen LogP contribution in [-0.2, 0) is 4.74 Å². The van der Waals surface area contributed by atoms with Crippen molar-refractivity contribution >= 4 is 24.4 Å². The van der Waals surface area contributed by atoms with Gasteiger partial charge in [-0.2, -0.15) is 0 Å². The SMILES string of the molecule is C=N/C(=C\C(Cl)=C(/C)[N+](=O)[O-])NC(=O)OC(C)(C)C. The van der Waals surface area contributed by atoms with Crippen LogP contribution in [0, 0.1) is 10.1 Å². The lowest BCUT2D eigenvalue weighted by molar-refractivity contribution is -0.424. The number of amides is 1. The molecule has 19 heavy (non-hydrogen) atoms. The van der Waals surface area contributed by atoms with Crippen LogP contribution in [-0.4, -0.2) is 23.3 Å². The van der Waals surface area contributed by atoms with E-state index in [1.54, 1.807) is 20.8 Å². The number of carbonyl (C=O) groups excluding carboxylic acids is 1. The number of allylic oxidation sites excluding steroid dienone is 3. The molecule has 0 aliphatic carbocycles. The van der Waals surface area contributed by atoms with Crippen molar-refractivity contribution in [3.05, 3.63) is 32.7 Å². The van der Waals surface area contributed by atoms with Crippen LogP contribution in [0.2, 0.25) is 0 Å². The summed E-state index contributed by atoms with van der Waals surface area (Å²) < 4.78 is 4.99. The summed E-state index contributed by atoms with van der Waals surface area (Å²) in [5.74, 6) is -0.0412. The number of hydrogen-bond acceptors (Lipinski definition) is 5. The smallest absolute Gasteiger partial charge is 0.413 e. The van der Waals surface area contributed by atoms with Crippen LogP contribution in [0.1, 0.15) is 27.7 Å². The first-order chi connectivity index (χ1) is 8.56. The standard InChI is InChI=1S/C11H16ClN3O4/c1-7(15(17)18)8(12)6-9(13-5)14-10(16)19-11(2,3)4/h6H,5H2,1-4H3,(H,14,16)/b8-7-,9-6+. The van der Waals surface area contributed by atoms with Gasteiger partial charge >= 0.3 is 6.09 Å². The summed E-state index contributed by atoms with van der Waals surface area (Å²) in [5, 5.41) is 12.6. The number of nitrogens with zero attached hydrogens (tertiary/aromatic N) is 2. The zero-order valence-corrected chi connectivity index (χ0v) is 11.9. The summed E-state index contributed by atoms with van der Waals surface area (Å²) in [6, 6.07) is 0. The topological polar surface area (TPSA) is 93.8 Å². The molecule has 0 aromatic heterocycles. The monoisotopic (exact) mass is 289 g/mol. The molecule has 0 aromatic carbocycles. The van der Waals surface area contributed by atoms with Crippen LogP contribution in [0.15, 0.2) is 27.6 Å². The molecule has 0 saturated carbocycles. The van der Waals surface area contributed by atoms with Gasteiger partial charge in [0.25, 0.3) is 5.70 Å². The van der Waals surface area contributed by atoms with Crippen LogP contribution in [0.4, 0.5) is 4.79 Å². The van der Waals surface area contributed by atoms with Crippen LogP contribution in [0.5, 0.6) is 0 Å². The van der Waals surface area contributed by atoms with Crippen molar-refractivity contribution in [2.45, 2.75) is 33.3 Å². The molecule has 0 heterocycles. The van der Waals surface area contributed by atoms with Gasteiger partial charge in [-0.25, -0.2) is 9.79 Å². The maximum atomic E-state index is 11.5. The van der Waals surface area contributed by atoms with Gasteiger partial charge in [-0.15, -0.1) is 0 Å². The summed E-state index contributed by atoms with van der Waals surface area (Å²) in [4.78, 5) is 24.8. The number of rotatable bonds is 4. The van der Waals surface area contributed by atoms with Crippen LogP contribution in [0.25, 0.3) is 0 Å². The van der Waals surface area contributed by atoms with Gasteiger partial charge in [0.15, 0.2) is 0 Å². The number of aliphatic imine (C=N–C) groups is 1. The van der Waals surface area contributed by atoms with E-state index in [9.17, 15) is 14.9 Å². The average molecular weight is 290 g/mol. The van der Waals surface area contributed by atoms with E-state index in [0.29, 0.717) is 0 Å². The predicted molar refractivity (Wildman–Crippen MR) is 72.5 cm³/mol. The average Bonchev–Trinajstić information content (AvgIpc) is 2.23. The highest BCUT2D eigenvalue weighted by molar-refractivity contribution is 6.31. The zero-order valence-electron chi connectivity index (χ0n) is 11.2. The van der Waals surface area contributed by atoms with Crippen molar-refractivity contribution < 1.29 is 14.5 Å². The fourth-order valence-electron chi connectivity index (χ4n) is 0.841. The van der Waals surface area contributed by atoms with Crippen molar-refractivity contribution in [3.8, 4) is 0 Å². The number of hydrogen-bond donors (Lipinski definition) is 1. The fraction of sp³-hybridized carbons (Fsp3) is 0.455. The normalized spacial score (nSPS) is 13.4. The molecule has 0 atom stereocenters. The summed E-state index contributed by atoms with van der Waals surface area (Å²) in [5.41, 5.74) is -0.943.